The van der Waals surface area contributed by atoms with Crippen LogP contribution in [0.15, 0.2) is 12.4 Å². The Morgan fingerprint density at radius 1 is 1.32 bits per heavy atom. The highest BCUT2D eigenvalue weighted by molar-refractivity contribution is 5.85. The molecule has 0 bridgehead atoms. The van der Waals surface area contributed by atoms with Gasteiger partial charge in [-0.25, -0.2) is 18.7 Å². The summed E-state index contributed by atoms with van der Waals surface area (Å²) in [7, 11) is 1.72. The summed E-state index contributed by atoms with van der Waals surface area (Å²) in [5.74, 6) is -1.83. The third kappa shape index (κ3) is 6.21. The highest BCUT2D eigenvalue weighted by Gasteiger charge is 2.30. The van der Waals surface area contributed by atoms with Gasteiger partial charge in [0.15, 0.2) is 0 Å². The van der Waals surface area contributed by atoms with Crippen LogP contribution in [-0.4, -0.2) is 39.2 Å². The Kier molecular flexibility index (Phi) is 6.72. The smallest absolute Gasteiger partial charge is 0.422 e. The normalized spacial score (nSPS) is 12.8. The van der Waals surface area contributed by atoms with E-state index in [1.54, 1.807) is 63.2 Å². The van der Waals surface area contributed by atoms with Gasteiger partial charge in [0.05, 0.1) is 20.0 Å². The summed E-state index contributed by atoms with van der Waals surface area (Å²) in [6, 6.07) is -0.932. The Morgan fingerprint density at radius 3 is 2.40 bits per heavy atom. The summed E-state index contributed by atoms with van der Waals surface area (Å²) in [6.45, 7) is 9.04. The number of imidazole rings is 1. The summed E-state index contributed by atoms with van der Waals surface area (Å²) >= 11 is 0. The predicted octanol–water partition coefficient (Wildman–Crippen LogP) is 0.883. The Balaban J connectivity index is 2.77. The second-order valence-electron chi connectivity index (χ2n) is 7.31. The third-order valence-corrected chi connectivity index (χ3v) is 3.49. The van der Waals surface area contributed by atoms with E-state index in [4.69, 9.17) is 9.84 Å². The summed E-state index contributed by atoms with van der Waals surface area (Å²) in [5, 5.41) is 11.6. The highest BCUT2D eigenvalue weighted by atomic mass is 16.6. The quantitative estimate of drug-likeness (QED) is 0.559. The number of nitrogens with one attached hydrogen (secondary N) is 1. The highest BCUT2D eigenvalue weighted by Crippen LogP contribution is 2.11. The minimum Gasteiger partial charge on any atom is -0.480 e. The molecule has 0 aliphatic heterocycles. The molecule has 0 spiro atoms. The number of ether oxygens (including phenoxy) is 1. The minimum atomic E-state index is -1.06. The largest absolute Gasteiger partial charge is 0.480 e. The van der Waals surface area contributed by atoms with Crippen LogP contribution in [0.5, 0.6) is 0 Å². The molecule has 8 nitrogen and oxygen atoms in total. The lowest BCUT2D eigenvalue weighted by atomic mass is 10.0. The van der Waals surface area contributed by atoms with Crippen LogP contribution < -0.4 is 9.88 Å². The lowest BCUT2D eigenvalue weighted by Crippen LogP contribution is -2.44. The second kappa shape index (κ2) is 8.13. The zero-order valence-electron chi connectivity index (χ0n) is 15.7. The first-order chi connectivity index (χ1) is 11.4. The number of nitrogens with zero attached hydrogens (tertiary/aromatic N) is 2. The van der Waals surface area contributed by atoms with Gasteiger partial charge in [-0.1, -0.05) is 13.8 Å². The van der Waals surface area contributed by atoms with E-state index >= 15 is 0 Å². The van der Waals surface area contributed by atoms with E-state index in [0.717, 1.165) is 0 Å². The number of carbonyl (C=O) groups is 3. The molecule has 25 heavy (non-hydrogen) atoms. The van der Waals surface area contributed by atoms with Crippen LogP contribution in [0.4, 0.5) is 0 Å². The van der Waals surface area contributed by atoms with Crippen LogP contribution in [0.2, 0.25) is 0 Å². The summed E-state index contributed by atoms with van der Waals surface area (Å²) < 4.78 is 8.63. The van der Waals surface area contributed by atoms with Crippen molar-refractivity contribution in [1.29, 1.82) is 0 Å². The zero-order valence-corrected chi connectivity index (χ0v) is 15.7. The van der Waals surface area contributed by atoms with Crippen molar-refractivity contribution in [2.75, 3.05) is 0 Å². The number of carboxylic acid groups (broad SMARTS) is 1. The molecule has 140 valence electrons. The fraction of sp³-hybridized carbons (Fsp3) is 0.647. The molecular weight excluding hydrogens is 326 g/mol. The monoisotopic (exact) mass is 354 g/mol. The van der Waals surface area contributed by atoms with Gasteiger partial charge in [0.25, 0.3) is 0 Å². The van der Waals surface area contributed by atoms with Crippen molar-refractivity contribution in [3.8, 4) is 0 Å². The first kappa shape index (κ1) is 20.7. The Morgan fingerprint density at radius 2 is 1.92 bits per heavy atom. The van der Waals surface area contributed by atoms with Gasteiger partial charge in [-0.05, 0) is 26.7 Å². The van der Waals surface area contributed by atoms with E-state index in [1.807, 2.05) is 0 Å². The van der Waals surface area contributed by atoms with Gasteiger partial charge in [0.1, 0.15) is 24.0 Å². The van der Waals surface area contributed by atoms with Crippen LogP contribution in [-0.2, 0) is 27.9 Å². The van der Waals surface area contributed by atoms with E-state index < -0.39 is 23.6 Å². The van der Waals surface area contributed by atoms with Gasteiger partial charge in [-0.3, -0.25) is 4.79 Å². The molecule has 1 amide bonds. The average Bonchev–Trinajstić information content (AvgIpc) is 2.81. The molecule has 1 heterocycles. The van der Waals surface area contributed by atoms with Crippen LogP contribution in [0, 0.1) is 5.92 Å². The SMILES string of the molecule is CC(C)C(NC(=O)CCn1cc[n+](C)c1C(=O)OC(C)(C)C)C(=O)O. The molecule has 0 aliphatic rings. The first-order valence-corrected chi connectivity index (χ1v) is 8.22. The summed E-state index contributed by atoms with van der Waals surface area (Å²) in [4.78, 5) is 35.5. The standard InChI is InChI=1S/C17H27N3O5/c1-11(2)13(15(22)23)18-12(21)7-8-20-10-9-19(6)14(20)16(24)25-17(3,4)5/h9-11,13H,7-8H2,1-6H3,(H-,18,21,22,23)/p+1. The number of rotatable bonds is 7. The van der Waals surface area contributed by atoms with Gasteiger partial charge < -0.3 is 15.2 Å². The molecule has 8 heteroatoms. The van der Waals surface area contributed by atoms with Crippen molar-refractivity contribution in [3.05, 3.63) is 18.2 Å². The number of amides is 1. The molecule has 1 atom stereocenters. The molecule has 1 aromatic heterocycles. The van der Waals surface area contributed by atoms with Crippen LogP contribution in [0.1, 0.15) is 51.7 Å². The maximum atomic E-state index is 12.3. The molecule has 0 fully saturated rings. The van der Waals surface area contributed by atoms with Crippen LogP contribution in [0.3, 0.4) is 0 Å². The molecule has 1 rings (SSSR count). The third-order valence-electron chi connectivity index (χ3n) is 3.49. The van der Waals surface area contributed by atoms with E-state index in [0.29, 0.717) is 5.82 Å². The first-order valence-electron chi connectivity index (χ1n) is 8.22. The van der Waals surface area contributed by atoms with Crippen molar-refractivity contribution in [3.63, 3.8) is 0 Å². The number of carboxylic acids is 1. The second-order valence-corrected chi connectivity index (χ2v) is 7.31. The fourth-order valence-corrected chi connectivity index (χ4v) is 2.27. The number of aryl methyl sites for hydroxylation is 2. The van der Waals surface area contributed by atoms with Gasteiger partial charge >= 0.3 is 17.8 Å². The lowest BCUT2D eigenvalue weighted by molar-refractivity contribution is -0.673. The molecule has 0 saturated heterocycles. The van der Waals surface area contributed by atoms with Gasteiger partial charge in [-0.2, -0.15) is 0 Å². The number of aromatic nitrogens is 2. The van der Waals surface area contributed by atoms with Gasteiger partial charge in [0, 0.05) is 0 Å². The topological polar surface area (TPSA) is 102 Å². The van der Waals surface area contributed by atoms with Gasteiger partial charge in [0.2, 0.25) is 5.91 Å². The number of hydrogen-bond donors (Lipinski definition) is 2. The average molecular weight is 354 g/mol. The van der Waals surface area contributed by atoms with Crippen LogP contribution in [0.25, 0.3) is 0 Å². The Hall–Kier alpha value is -2.38. The Bertz CT molecular complexity index is 643. The van der Waals surface area contributed by atoms with Crippen molar-refractivity contribution >= 4 is 17.8 Å². The predicted molar refractivity (Wildman–Crippen MR) is 89.8 cm³/mol. The molecule has 0 aromatic carbocycles. The van der Waals surface area contributed by atoms with Crippen molar-refractivity contribution in [2.24, 2.45) is 13.0 Å². The van der Waals surface area contributed by atoms with E-state index in [9.17, 15) is 14.4 Å². The maximum Gasteiger partial charge on any atom is 0.422 e. The molecule has 0 radical (unpaired) electrons. The fourth-order valence-electron chi connectivity index (χ4n) is 2.27. The van der Waals surface area contributed by atoms with E-state index in [1.165, 1.54) is 0 Å². The zero-order chi connectivity index (χ0) is 19.4. The number of carbonyl (C=O) groups excluding carboxylic acids is 2. The molecule has 1 unspecified atom stereocenters. The Labute approximate surface area is 147 Å². The molecule has 2 N–H and O–H groups in total. The molecular formula is C17H28N3O5+. The maximum absolute atomic E-state index is 12.3. The number of hydrogen-bond acceptors (Lipinski definition) is 4. The van der Waals surface area contributed by atoms with Crippen LogP contribution >= 0.6 is 0 Å². The number of esters is 1. The van der Waals surface area contributed by atoms with Gasteiger partial charge in [-0.15, -0.1) is 0 Å². The van der Waals surface area contributed by atoms with Crippen molar-refractivity contribution in [2.45, 2.75) is 59.2 Å². The minimum absolute atomic E-state index is 0.0565. The molecule has 0 aliphatic carbocycles. The van der Waals surface area contributed by atoms with Crippen molar-refractivity contribution < 1.29 is 28.8 Å². The number of aliphatic carboxylic acids is 1. The van der Waals surface area contributed by atoms with E-state index in [2.05, 4.69) is 5.32 Å². The summed E-state index contributed by atoms with van der Waals surface area (Å²) in [6.07, 6.45) is 3.44. The molecule has 1 aromatic rings. The lowest BCUT2D eigenvalue weighted by Gasteiger charge is -2.18. The summed E-state index contributed by atoms with van der Waals surface area (Å²) in [5.41, 5.74) is -0.622. The molecule has 0 saturated carbocycles. The van der Waals surface area contributed by atoms with E-state index in [-0.39, 0.29) is 24.8 Å². The van der Waals surface area contributed by atoms with Crippen molar-refractivity contribution in [1.82, 2.24) is 9.88 Å².